The van der Waals surface area contributed by atoms with Crippen LogP contribution in [0.5, 0.6) is 5.75 Å². The number of benzene rings is 1. The fourth-order valence-electron chi connectivity index (χ4n) is 3.20. The van der Waals surface area contributed by atoms with Gasteiger partial charge in [-0.25, -0.2) is 0 Å². The Morgan fingerprint density at radius 3 is 2.86 bits per heavy atom. The molecule has 2 nitrogen and oxygen atoms in total. The van der Waals surface area contributed by atoms with Crippen LogP contribution in [0.2, 0.25) is 0 Å². The Labute approximate surface area is 137 Å². The highest BCUT2D eigenvalue weighted by atomic mass is 79.9. The molecule has 1 N–H and O–H groups in total. The summed E-state index contributed by atoms with van der Waals surface area (Å²) < 4.78 is 7.06. The van der Waals surface area contributed by atoms with E-state index in [0.717, 1.165) is 44.2 Å². The molecule has 0 saturated carbocycles. The smallest absolute Gasteiger partial charge is 0.125 e. The summed E-state index contributed by atoms with van der Waals surface area (Å²) in [4.78, 5) is 0. The topological polar surface area (TPSA) is 21.3 Å². The van der Waals surface area contributed by atoms with E-state index in [4.69, 9.17) is 4.74 Å². The molecule has 0 spiro atoms. The number of ether oxygens (including phenoxy) is 1. The fraction of sp³-hybridized carbons (Fsp3) is 0.667. The van der Waals surface area contributed by atoms with Gasteiger partial charge in [-0.1, -0.05) is 36.7 Å². The van der Waals surface area contributed by atoms with Gasteiger partial charge in [0.2, 0.25) is 0 Å². The van der Waals surface area contributed by atoms with Gasteiger partial charge in [0.05, 0.1) is 6.61 Å². The lowest BCUT2D eigenvalue weighted by Gasteiger charge is -2.21. The Morgan fingerprint density at radius 2 is 2.14 bits per heavy atom. The minimum atomic E-state index is 0.680. The SMILES string of the molecule is CCCNCC(Cc1cc(Br)cc2c1OCC2)CC(C)C. The molecule has 3 heteroatoms. The molecule has 1 heterocycles. The molecule has 0 amide bonds. The van der Waals surface area contributed by atoms with Crippen molar-refractivity contribution < 1.29 is 4.74 Å². The van der Waals surface area contributed by atoms with Crippen LogP contribution < -0.4 is 10.1 Å². The first-order valence-electron chi connectivity index (χ1n) is 8.25. The fourth-order valence-corrected chi connectivity index (χ4v) is 3.75. The highest BCUT2D eigenvalue weighted by Crippen LogP contribution is 2.35. The van der Waals surface area contributed by atoms with E-state index in [1.165, 1.54) is 28.4 Å². The van der Waals surface area contributed by atoms with Crippen LogP contribution in [0.1, 0.15) is 44.7 Å². The van der Waals surface area contributed by atoms with E-state index in [0.29, 0.717) is 5.92 Å². The molecular weight excluding hydrogens is 326 g/mol. The molecular formula is C18H28BrNO. The van der Waals surface area contributed by atoms with Crippen LogP contribution in [-0.4, -0.2) is 19.7 Å². The predicted molar refractivity (Wildman–Crippen MR) is 93.2 cm³/mol. The Balaban J connectivity index is 2.08. The average molecular weight is 354 g/mol. The number of halogens is 1. The first-order valence-corrected chi connectivity index (χ1v) is 9.04. The molecule has 0 saturated heterocycles. The Hall–Kier alpha value is -0.540. The van der Waals surface area contributed by atoms with Crippen LogP contribution in [-0.2, 0) is 12.8 Å². The summed E-state index contributed by atoms with van der Waals surface area (Å²) in [6, 6.07) is 4.45. The highest BCUT2D eigenvalue weighted by molar-refractivity contribution is 9.10. The van der Waals surface area contributed by atoms with Gasteiger partial charge in [0.25, 0.3) is 0 Å². The second-order valence-corrected chi connectivity index (χ2v) is 7.47. The molecule has 0 fully saturated rings. The summed E-state index contributed by atoms with van der Waals surface area (Å²) in [7, 11) is 0. The highest BCUT2D eigenvalue weighted by Gasteiger charge is 2.20. The molecule has 1 aliphatic rings. The van der Waals surface area contributed by atoms with Crippen molar-refractivity contribution in [2.24, 2.45) is 11.8 Å². The van der Waals surface area contributed by atoms with E-state index in [1.807, 2.05) is 0 Å². The number of nitrogens with one attached hydrogen (secondary N) is 1. The minimum absolute atomic E-state index is 0.680. The number of rotatable bonds is 8. The maximum Gasteiger partial charge on any atom is 0.125 e. The minimum Gasteiger partial charge on any atom is -0.493 e. The van der Waals surface area contributed by atoms with E-state index < -0.39 is 0 Å². The zero-order valence-corrected chi connectivity index (χ0v) is 15.1. The van der Waals surface area contributed by atoms with Crippen LogP contribution in [0.15, 0.2) is 16.6 Å². The van der Waals surface area contributed by atoms with Crippen LogP contribution in [0.4, 0.5) is 0 Å². The molecule has 21 heavy (non-hydrogen) atoms. The van der Waals surface area contributed by atoms with Crippen LogP contribution in [0.3, 0.4) is 0 Å². The van der Waals surface area contributed by atoms with Crippen molar-refractivity contribution in [3.8, 4) is 5.75 Å². The third-order valence-electron chi connectivity index (χ3n) is 4.00. The number of hydrogen-bond donors (Lipinski definition) is 1. The number of hydrogen-bond acceptors (Lipinski definition) is 2. The van der Waals surface area contributed by atoms with Gasteiger partial charge in [-0.15, -0.1) is 0 Å². The van der Waals surface area contributed by atoms with Crippen molar-refractivity contribution in [1.29, 1.82) is 0 Å². The van der Waals surface area contributed by atoms with Crippen molar-refractivity contribution in [3.63, 3.8) is 0 Å². The van der Waals surface area contributed by atoms with Gasteiger partial charge < -0.3 is 10.1 Å². The molecule has 0 aliphatic carbocycles. The largest absolute Gasteiger partial charge is 0.493 e. The summed E-state index contributed by atoms with van der Waals surface area (Å²) in [5.74, 6) is 2.57. The van der Waals surface area contributed by atoms with Gasteiger partial charge in [0, 0.05) is 10.9 Å². The normalized spacial score (nSPS) is 15.1. The first-order chi connectivity index (χ1) is 10.1. The maximum absolute atomic E-state index is 5.87. The third kappa shape index (κ3) is 5.00. The third-order valence-corrected chi connectivity index (χ3v) is 4.46. The lowest BCUT2D eigenvalue weighted by molar-refractivity contribution is 0.343. The van der Waals surface area contributed by atoms with E-state index >= 15 is 0 Å². The lowest BCUT2D eigenvalue weighted by atomic mass is 9.90. The molecule has 0 bridgehead atoms. The molecule has 1 aliphatic heterocycles. The molecule has 1 atom stereocenters. The van der Waals surface area contributed by atoms with Crippen LogP contribution in [0, 0.1) is 11.8 Å². The second-order valence-electron chi connectivity index (χ2n) is 6.56. The second kappa shape index (κ2) is 8.19. The van der Waals surface area contributed by atoms with Gasteiger partial charge in [0.1, 0.15) is 5.75 Å². The first kappa shape index (κ1) is 16.8. The zero-order chi connectivity index (χ0) is 15.2. The Morgan fingerprint density at radius 1 is 1.33 bits per heavy atom. The predicted octanol–water partition coefficient (Wildman–Crippen LogP) is 4.59. The number of fused-ring (bicyclic) bond motifs is 1. The Kier molecular flexibility index (Phi) is 6.56. The summed E-state index contributed by atoms with van der Waals surface area (Å²) >= 11 is 3.65. The maximum atomic E-state index is 5.87. The Bertz CT molecular complexity index is 459. The van der Waals surface area contributed by atoms with Crippen molar-refractivity contribution in [3.05, 3.63) is 27.7 Å². The van der Waals surface area contributed by atoms with Gasteiger partial charge in [0.15, 0.2) is 0 Å². The molecule has 1 aromatic carbocycles. The van der Waals surface area contributed by atoms with Crippen LogP contribution in [0.25, 0.3) is 0 Å². The summed E-state index contributed by atoms with van der Waals surface area (Å²) in [6.45, 7) is 9.90. The molecule has 118 valence electrons. The molecule has 0 radical (unpaired) electrons. The standard InChI is InChI=1S/C18H28BrNO/c1-4-6-20-12-14(8-13(2)3)9-16-11-17(19)10-15-5-7-21-18(15)16/h10-11,13-14,20H,4-9,12H2,1-3H3. The van der Waals surface area contributed by atoms with E-state index in [2.05, 4.69) is 54.2 Å². The van der Waals surface area contributed by atoms with E-state index in [-0.39, 0.29) is 0 Å². The quantitative estimate of drug-likeness (QED) is 0.690. The van der Waals surface area contributed by atoms with Gasteiger partial charge in [-0.3, -0.25) is 0 Å². The monoisotopic (exact) mass is 353 g/mol. The summed E-state index contributed by atoms with van der Waals surface area (Å²) in [6.07, 6.45) is 4.61. The van der Waals surface area contributed by atoms with Crippen molar-refractivity contribution in [2.75, 3.05) is 19.7 Å². The lowest BCUT2D eigenvalue weighted by Crippen LogP contribution is -2.26. The zero-order valence-electron chi connectivity index (χ0n) is 13.5. The average Bonchev–Trinajstić information content (AvgIpc) is 2.86. The van der Waals surface area contributed by atoms with Gasteiger partial charge in [-0.2, -0.15) is 0 Å². The van der Waals surface area contributed by atoms with E-state index in [1.54, 1.807) is 0 Å². The van der Waals surface area contributed by atoms with Gasteiger partial charge in [-0.05, 0) is 67.4 Å². The van der Waals surface area contributed by atoms with Gasteiger partial charge >= 0.3 is 0 Å². The van der Waals surface area contributed by atoms with Crippen LogP contribution >= 0.6 is 15.9 Å². The summed E-state index contributed by atoms with van der Waals surface area (Å²) in [5, 5.41) is 3.59. The molecule has 1 unspecified atom stereocenters. The van der Waals surface area contributed by atoms with Crippen molar-refractivity contribution in [2.45, 2.75) is 46.5 Å². The van der Waals surface area contributed by atoms with Crippen molar-refractivity contribution >= 4 is 15.9 Å². The summed E-state index contributed by atoms with van der Waals surface area (Å²) in [5.41, 5.74) is 2.74. The molecule has 2 rings (SSSR count). The van der Waals surface area contributed by atoms with Crippen molar-refractivity contribution in [1.82, 2.24) is 5.32 Å². The van der Waals surface area contributed by atoms with E-state index in [9.17, 15) is 0 Å². The molecule has 0 aromatic heterocycles. The molecule has 1 aromatic rings.